The standard InChI is InChI=1S/C35H63N3O2/c1-2-3-4-5-6-7-8-9-10-11-12-13-14-15-16-19-26-37-35(39)25-24-33-22-17-18-23-34(33)40-32-21-20-29-38-30-27-36-28-31-38/h17-18,22-23,36H,2-16,19-21,24-32H2,1H3,(H,37,39). The second-order valence-corrected chi connectivity index (χ2v) is 11.9. The zero-order valence-electron chi connectivity index (χ0n) is 26.2. The number of amides is 1. The van der Waals surface area contributed by atoms with Crippen LogP contribution in [0.3, 0.4) is 0 Å². The number of ether oxygens (including phenoxy) is 1. The van der Waals surface area contributed by atoms with Gasteiger partial charge >= 0.3 is 0 Å². The molecule has 1 amide bonds. The molecule has 0 saturated carbocycles. The predicted octanol–water partition coefficient (Wildman–Crippen LogP) is 8.06. The molecule has 0 aromatic heterocycles. The van der Waals surface area contributed by atoms with E-state index in [1.165, 1.54) is 103 Å². The van der Waals surface area contributed by atoms with Crippen LogP contribution in [0.25, 0.3) is 0 Å². The molecule has 0 unspecified atom stereocenters. The van der Waals surface area contributed by atoms with E-state index in [4.69, 9.17) is 4.74 Å². The summed E-state index contributed by atoms with van der Waals surface area (Å²) in [5.74, 6) is 1.10. The van der Waals surface area contributed by atoms with E-state index in [1.54, 1.807) is 0 Å². The number of unbranched alkanes of at least 4 members (excludes halogenated alkanes) is 16. The maximum Gasteiger partial charge on any atom is 0.220 e. The number of carbonyl (C=O) groups excluding carboxylic acids is 1. The summed E-state index contributed by atoms with van der Waals surface area (Å²) in [6, 6.07) is 8.21. The van der Waals surface area contributed by atoms with E-state index >= 15 is 0 Å². The number of aryl methyl sites for hydroxylation is 1. The van der Waals surface area contributed by atoms with E-state index in [1.807, 2.05) is 18.2 Å². The molecule has 0 bridgehead atoms. The number of benzene rings is 1. The number of nitrogens with one attached hydrogen (secondary N) is 2. The molecule has 2 rings (SSSR count). The molecule has 0 aliphatic carbocycles. The number of piperazine rings is 1. The van der Waals surface area contributed by atoms with Crippen LogP contribution in [0.2, 0.25) is 0 Å². The van der Waals surface area contributed by atoms with Gasteiger partial charge in [-0.15, -0.1) is 0 Å². The lowest BCUT2D eigenvalue weighted by Gasteiger charge is -2.27. The molecule has 5 heteroatoms. The van der Waals surface area contributed by atoms with Crippen molar-refractivity contribution in [3.63, 3.8) is 0 Å². The average Bonchev–Trinajstić information content (AvgIpc) is 2.98. The molecule has 230 valence electrons. The molecule has 1 fully saturated rings. The van der Waals surface area contributed by atoms with Gasteiger partial charge in [-0.1, -0.05) is 121 Å². The van der Waals surface area contributed by atoms with Crippen molar-refractivity contribution in [2.75, 3.05) is 45.9 Å². The second-order valence-electron chi connectivity index (χ2n) is 11.9. The smallest absolute Gasteiger partial charge is 0.220 e. The first-order chi connectivity index (χ1) is 19.8. The number of hydrogen-bond acceptors (Lipinski definition) is 4. The summed E-state index contributed by atoms with van der Waals surface area (Å²) in [4.78, 5) is 14.9. The normalized spacial score (nSPS) is 13.9. The van der Waals surface area contributed by atoms with E-state index in [-0.39, 0.29) is 5.91 Å². The third kappa shape index (κ3) is 18.7. The van der Waals surface area contributed by atoms with Gasteiger partial charge in [-0.25, -0.2) is 0 Å². The van der Waals surface area contributed by atoms with Gasteiger partial charge < -0.3 is 20.3 Å². The lowest BCUT2D eigenvalue weighted by atomic mass is 10.0. The lowest BCUT2D eigenvalue weighted by Crippen LogP contribution is -2.43. The minimum atomic E-state index is 0.159. The van der Waals surface area contributed by atoms with Gasteiger partial charge in [0.05, 0.1) is 6.61 Å². The first-order valence-electron chi connectivity index (χ1n) is 17.2. The quantitative estimate of drug-likeness (QED) is 0.113. The Balaban J connectivity index is 1.38. The summed E-state index contributed by atoms with van der Waals surface area (Å²) in [7, 11) is 0. The van der Waals surface area contributed by atoms with Crippen LogP contribution < -0.4 is 15.4 Å². The molecule has 2 N–H and O–H groups in total. The van der Waals surface area contributed by atoms with Crippen molar-refractivity contribution in [3.05, 3.63) is 29.8 Å². The molecule has 1 aliphatic heterocycles. The van der Waals surface area contributed by atoms with Gasteiger partial charge in [0.1, 0.15) is 5.75 Å². The molecule has 1 aliphatic rings. The van der Waals surface area contributed by atoms with Crippen LogP contribution in [0.15, 0.2) is 24.3 Å². The Hall–Kier alpha value is -1.59. The fourth-order valence-corrected chi connectivity index (χ4v) is 5.64. The Kier molecular flexibility index (Phi) is 21.8. The molecular weight excluding hydrogens is 494 g/mol. The van der Waals surface area contributed by atoms with E-state index in [2.05, 4.69) is 28.5 Å². The summed E-state index contributed by atoms with van der Waals surface area (Å²) in [5.41, 5.74) is 1.14. The Morgan fingerprint density at radius 2 is 1.35 bits per heavy atom. The van der Waals surface area contributed by atoms with E-state index in [0.717, 1.165) is 76.5 Å². The molecule has 40 heavy (non-hydrogen) atoms. The van der Waals surface area contributed by atoms with Crippen LogP contribution in [0, 0.1) is 0 Å². The van der Waals surface area contributed by atoms with E-state index < -0.39 is 0 Å². The Morgan fingerprint density at radius 3 is 1.98 bits per heavy atom. The topological polar surface area (TPSA) is 53.6 Å². The molecule has 1 aromatic carbocycles. The average molecular weight is 558 g/mol. The first kappa shape index (κ1) is 34.6. The zero-order chi connectivity index (χ0) is 28.4. The molecule has 1 aromatic rings. The van der Waals surface area contributed by atoms with Crippen LogP contribution >= 0.6 is 0 Å². The molecule has 0 atom stereocenters. The highest BCUT2D eigenvalue weighted by Gasteiger charge is 2.09. The predicted molar refractivity (Wildman–Crippen MR) is 171 cm³/mol. The van der Waals surface area contributed by atoms with Gasteiger partial charge in [0, 0.05) is 39.1 Å². The van der Waals surface area contributed by atoms with Gasteiger partial charge in [-0.3, -0.25) is 4.79 Å². The Morgan fingerprint density at radius 1 is 0.775 bits per heavy atom. The maximum absolute atomic E-state index is 12.4. The molecule has 0 radical (unpaired) electrons. The highest BCUT2D eigenvalue weighted by molar-refractivity contribution is 5.76. The Bertz CT molecular complexity index is 720. The molecular formula is C35H63N3O2. The van der Waals surface area contributed by atoms with Crippen LogP contribution in [0.5, 0.6) is 5.75 Å². The fraction of sp³-hybridized carbons (Fsp3) is 0.800. The molecule has 5 nitrogen and oxygen atoms in total. The molecule has 1 saturated heterocycles. The highest BCUT2D eigenvalue weighted by Crippen LogP contribution is 2.20. The van der Waals surface area contributed by atoms with Crippen LogP contribution in [-0.4, -0.2) is 56.7 Å². The lowest BCUT2D eigenvalue weighted by molar-refractivity contribution is -0.121. The molecule has 1 heterocycles. The largest absolute Gasteiger partial charge is 0.493 e. The van der Waals surface area contributed by atoms with Gasteiger partial charge in [0.25, 0.3) is 0 Å². The Labute approximate surface area is 247 Å². The number of nitrogens with zero attached hydrogens (tertiary/aromatic N) is 1. The van der Waals surface area contributed by atoms with Crippen LogP contribution in [0.1, 0.15) is 134 Å². The first-order valence-corrected chi connectivity index (χ1v) is 17.2. The van der Waals surface area contributed by atoms with Crippen molar-refractivity contribution in [1.29, 1.82) is 0 Å². The van der Waals surface area contributed by atoms with E-state index in [9.17, 15) is 4.79 Å². The van der Waals surface area contributed by atoms with Crippen molar-refractivity contribution < 1.29 is 9.53 Å². The number of carbonyl (C=O) groups is 1. The SMILES string of the molecule is CCCCCCCCCCCCCCCCCCNC(=O)CCc1ccccc1OCCCCN1CCNCC1. The van der Waals surface area contributed by atoms with Crippen molar-refractivity contribution >= 4 is 5.91 Å². The summed E-state index contributed by atoms with van der Waals surface area (Å²) in [5, 5.41) is 6.53. The van der Waals surface area contributed by atoms with Crippen molar-refractivity contribution in [2.45, 2.75) is 135 Å². The maximum atomic E-state index is 12.4. The number of hydrogen-bond donors (Lipinski definition) is 2. The van der Waals surface area contributed by atoms with Gasteiger partial charge in [0.2, 0.25) is 5.91 Å². The zero-order valence-corrected chi connectivity index (χ0v) is 26.2. The summed E-state index contributed by atoms with van der Waals surface area (Å²) in [6.45, 7) is 9.53. The van der Waals surface area contributed by atoms with Crippen molar-refractivity contribution in [3.8, 4) is 5.75 Å². The van der Waals surface area contributed by atoms with Crippen molar-refractivity contribution in [1.82, 2.24) is 15.5 Å². The molecule has 0 spiro atoms. The van der Waals surface area contributed by atoms with Gasteiger partial charge in [0.15, 0.2) is 0 Å². The summed E-state index contributed by atoms with van der Waals surface area (Å²) in [6.07, 6.45) is 25.5. The summed E-state index contributed by atoms with van der Waals surface area (Å²) >= 11 is 0. The minimum absolute atomic E-state index is 0.159. The van der Waals surface area contributed by atoms with Crippen LogP contribution in [-0.2, 0) is 11.2 Å². The number of rotatable bonds is 26. The minimum Gasteiger partial charge on any atom is -0.493 e. The number of para-hydroxylation sites is 1. The third-order valence-electron chi connectivity index (χ3n) is 8.28. The van der Waals surface area contributed by atoms with Gasteiger partial charge in [-0.05, 0) is 43.9 Å². The highest BCUT2D eigenvalue weighted by atomic mass is 16.5. The summed E-state index contributed by atoms with van der Waals surface area (Å²) < 4.78 is 6.09. The van der Waals surface area contributed by atoms with Crippen LogP contribution in [0.4, 0.5) is 0 Å². The van der Waals surface area contributed by atoms with E-state index in [0.29, 0.717) is 6.42 Å². The van der Waals surface area contributed by atoms with Crippen molar-refractivity contribution in [2.24, 2.45) is 0 Å². The third-order valence-corrected chi connectivity index (χ3v) is 8.28. The van der Waals surface area contributed by atoms with Gasteiger partial charge in [-0.2, -0.15) is 0 Å². The fourth-order valence-electron chi connectivity index (χ4n) is 5.64. The second kappa shape index (κ2) is 25.1. The monoisotopic (exact) mass is 557 g/mol.